The monoisotopic (exact) mass is 354 g/mol. The van der Waals surface area contributed by atoms with Crippen LogP contribution in [0.15, 0.2) is 48.5 Å². The van der Waals surface area contributed by atoms with E-state index in [2.05, 4.69) is 30.3 Å². The van der Waals surface area contributed by atoms with Gasteiger partial charge >= 0.3 is 0 Å². The molecule has 0 aliphatic heterocycles. The maximum absolute atomic E-state index is 12.1. The molecule has 0 spiro atoms. The van der Waals surface area contributed by atoms with Crippen LogP contribution < -0.4 is 0 Å². The Hall–Kier alpha value is -2.29. The van der Waals surface area contributed by atoms with Crippen molar-refractivity contribution in [2.45, 2.75) is 64.2 Å². The van der Waals surface area contributed by atoms with E-state index >= 15 is 0 Å². The van der Waals surface area contributed by atoms with Crippen molar-refractivity contribution < 1.29 is 15.0 Å². The van der Waals surface area contributed by atoms with Gasteiger partial charge in [-0.15, -0.1) is 0 Å². The normalized spacial score (nSPS) is 10.8. The predicted molar refractivity (Wildman–Crippen MR) is 106 cm³/mol. The lowest BCUT2D eigenvalue weighted by atomic mass is 10.0. The summed E-state index contributed by atoms with van der Waals surface area (Å²) in [6, 6.07) is 15.0. The highest BCUT2D eigenvalue weighted by atomic mass is 16.3. The van der Waals surface area contributed by atoms with Gasteiger partial charge in [0.25, 0.3) is 0 Å². The van der Waals surface area contributed by atoms with Gasteiger partial charge in [-0.3, -0.25) is 4.79 Å². The summed E-state index contributed by atoms with van der Waals surface area (Å²) in [5, 5.41) is 19.4. The van der Waals surface area contributed by atoms with E-state index in [9.17, 15) is 15.0 Å². The highest BCUT2D eigenvalue weighted by Crippen LogP contribution is 2.28. The number of hydrogen-bond acceptors (Lipinski definition) is 3. The molecule has 0 radical (unpaired) electrons. The van der Waals surface area contributed by atoms with E-state index in [-0.39, 0.29) is 22.8 Å². The first-order valence-electron chi connectivity index (χ1n) is 9.76. The number of rotatable bonds is 12. The van der Waals surface area contributed by atoms with Crippen molar-refractivity contribution in [3.63, 3.8) is 0 Å². The van der Waals surface area contributed by atoms with Gasteiger partial charge in [-0.1, -0.05) is 74.9 Å². The van der Waals surface area contributed by atoms with Gasteiger partial charge in [0, 0.05) is 6.42 Å². The molecular formula is C23H30O3. The maximum Gasteiger partial charge on any atom is 0.170 e. The van der Waals surface area contributed by atoms with Crippen LogP contribution >= 0.6 is 0 Å². The van der Waals surface area contributed by atoms with E-state index in [1.54, 1.807) is 0 Å². The number of phenolic OH excluding ortho intramolecular Hbond substituents is 2. The van der Waals surface area contributed by atoms with E-state index in [4.69, 9.17) is 0 Å². The maximum atomic E-state index is 12.1. The Morgan fingerprint density at radius 1 is 0.654 bits per heavy atom. The van der Waals surface area contributed by atoms with Gasteiger partial charge in [-0.25, -0.2) is 0 Å². The van der Waals surface area contributed by atoms with Gasteiger partial charge in [0.05, 0.1) is 0 Å². The van der Waals surface area contributed by atoms with Crippen LogP contribution in [0.4, 0.5) is 0 Å². The van der Waals surface area contributed by atoms with Crippen LogP contribution in [0.3, 0.4) is 0 Å². The molecule has 0 atom stereocenters. The Bertz CT molecular complexity index is 644. The van der Waals surface area contributed by atoms with Crippen LogP contribution in [0.5, 0.6) is 11.5 Å². The smallest absolute Gasteiger partial charge is 0.170 e. The number of carbonyl (C=O) groups is 1. The zero-order valence-electron chi connectivity index (χ0n) is 15.5. The number of carbonyl (C=O) groups excluding carboxylic acids is 1. The second-order valence-corrected chi connectivity index (χ2v) is 6.91. The van der Waals surface area contributed by atoms with E-state index in [0.717, 1.165) is 19.3 Å². The molecule has 0 saturated heterocycles. The van der Waals surface area contributed by atoms with Crippen molar-refractivity contribution in [2.75, 3.05) is 0 Å². The van der Waals surface area contributed by atoms with Crippen molar-refractivity contribution >= 4 is 5.78 Å². The van der Waals surface area contributed by atoms with E-state index < -0.39 is 0 Å². The minimum atomic E-state index is -0.179. The third kappa shape index (κ3) is 6.91. The van der Waals surface area contributed by atoms with Crippen molar-refractivity contribution in [3.05, 3.63) is 59.7 Å². The largest absolute Gasteiger partial charge is 0.507 e. The fourth-order valence-electron chi connectivity index (χ4n) is 3.26. The fraction of sp³-hybridized carbons (Fsp3) is 0.435. The third-order valence-corrected chi connectivity index (χ3v) is 4.76. The van der Waals surface area contributed by atoms with Gasteiger partial charge in [0.2, 0.25) is 0 Å². The molecule has 0 amide bonds. The molecule has 0 heterocycles. The molecule has 0 aliphatic carbocycles. The number of aryl methyl sites for hydroxylation is 1. The van der Waals surface area contributed by atoms with Gasteiger partial charge in [-0.05, 0) is 37.0 Å². The van der Waals surface area contributed by atoms with Crippen LogP contribution in [0.25, 0.3) is 0 Å². The Morgan fingerprint density at radius 2 is 1.19 bits per heavy atom. The number of aromatic hydroxyl groups is 2. The molecule has 140 valence electrons. The Morgan fingerprint density at radius 3 is 1.81 bits per heavy atom. The molecule has 2 N–H and O–H groups in total. The number of benzene rings is 2. The minimum Gasteiger partial charge on any atom is -0.507 e. The van der Waals surface area contributed by atoms with Crippen molar-refractivity contribution in [3.8, 4) is 11.5 Å². The molecule has 3 nitrogen and oxygen atoms in total. The van der Waals surface area contributed by atoms with E-state index in [0.29, 0.717) is 6.42 Å². The van der Waals surface area contributed by atoms with Crippen molar-refractivity contribution in [1.29, 1.82) is 0 Å². The van der Waals surface area contributed by atoms with E-state index in [1.165, 1.54) is 62.3 Å². The molecule has 2 aromatic rings. The molecule has 0 aliphatic rings. The van der Waals surface area contributed by atoms with Crippen LogP contribution in [-0.4, -0.2) is 16.0 Å². The molecule has 0 fully saturated rings. The number of phenols is 2. The molecule has 2 rings (SSSR count). The second kappa shape index (κ2) is 11.3. The molecule has 0 saturated carbocycles. The zero-order valence-corrected chi connectivity index (χ0v) is 15.5. The molecule has 0 aromatic heterocycles. The lowest BCUT2D eigenvalue weighted by molar-refractivity contribution is 0.0973. The molecule has 26 heavy (non-hydrogen) atoms. The summed E-state index contributed by atoms with van der Waals surface area (Å²) in [6.45, 7) is 0. The standard InChI is InChI=1S/C23H30O3/c24-20(23-21(25)17-12-18-22(23)26)16-11-6-4-2-1-3-5-8-13-19-14-9-7-10-15-19/h7,9-10,12,14-15,17-18,25-26H,1-6,8,11,13,16H2. The molecule has 2 aromatic carbocycles. The lowest BCUT2D eigenvalue weighted by Crippen LogP contribution is -2.00. The minimum absolute atomic E-state index is 0.0610. The van der Waals surface area contributed by atoms with E-state index in [1.807, 2.05) is 0 Å². The summed E-state index contributed by atoms with van der Waals surface area (Å²) in [6.07, 6.45) is 10.8. The summed E-state index contributed by atoms with van der Waals surface area (Å²) in [4.78, 5) is 12.1. The summed E-state index contributed by atoms with van der Waals surface area (Å²) in [5.74, 6) is -0.447. The second-order valence-electron chi connectivity index (χ2n) is 6.91. The van der Waals surface area contributed by atoms with Gasteiger partial charge < -0.3 is 10.2 Å². The topological polar surface area (TPSA) is 57.5 Å². The fourth-order valence-corrected chi connectivity index (χ4v) is 3.26. The molecular weight excluding hydrogens is 324 g/mol. The zero-order chi connectivity index (χ0) is 18.6. The van der Waals surface area contributed by atoms with Crippen molar-refractivity contribution in [2.24, 2.45) is 0 Å². The first kappa shape index (κ1) is 20.0. The SMILES string of the molecule is O=C(CCCCCCCCCCc1ccccc1)c1c(O)cccc1O. The number of hydrogen-bond donors (Lipinski definition) is 2. The van der Waals surface area contributed by atoms with Crippen LogP contribution in [-0.2, 0) is 6.42 Å². The molecule has 0 bridgehead atoms. The number of unbranched alkanes of at least 4 members (excludes halogenated alkanes) is 7. The summed E-state index contributed by atoms with van der Waals surface area (Å²) in [7, 11) is 0. The summed E-state index contributed by atoms with van der Waals surface area (Å²) < 4.78 is 0. The third-order valence-electron chi connectivity index (χ3n) is 4.76. The van der Waals surface area contributed by atoms with Gasteiger partial charge in [0.1, 0.15) is 17.1 Å². The highest BCUT2D eigenvalue weighted by molar-refractivity contribution is 6.01. The first-order chi connectivity index (χ1) is 12.7. The van der Waals surface area contributed by atoms with Gasteiger partial charge in [0.15, 0.2) is 5.78 Å². The quantitative estimate of drug-likeness (QED) is 0.361. The van der Waals surface area contributed by atoms with Crippen LogP contribution in [0.1, 0.15) is 73.7 Å². The van der Waals surface area contributed by atoms with Gasteiger partial charge in [-0.2, -0.15) is 0 Å². The molecule has 0 unspecified atom stereocenters. The average molecular weight is 354 g/mol. The average Bonchev–Trinajstić information content (AvgIpc) is 2.64. The Labute approximate surface area is 156 Å². The number of Topliss-reactive ketones (excluding diaryl/α,β-unsaturated/α-hetero) is 1. The van der Waals surface area contributed by atoms with Crippen molar-refractivity contribution in [1.82, 2.24) is 0 Å². The highest BCUT2D eigenvalue weighted by Gasteiger charge is 2.15. The Balaban J connectivity index is 1.47. The molecule has 3 heteroatoms. The summed E-state index contributed by atoms with van der Waals surface area (Å²) >= 11 is 0. The lowest BCUT2D eigenvalue weighted by Gasteiger charge is -2.06. The van der Waals surface area contributed by atoms with Crippen LogP contribution in [0.2, 0.25) is 0 Å². The predicted octanol–water partition coefficient (Wildman–Crippen LogP) is 6.03. The van der Waals surface area contributed by atoms with Crippen LogP contribution in [0, 0.1) is 0 Å². The number of ketones is 1. The first-order valence-corrected chi connectivity index (χ1v) is 9.76. The summed E-state index contributed by atoms with van der Waals surface area (Å²) in [5.41, 5.74) is 1.48. The Kier molecular flexibility index (Phi) is 8.74.